The Hall–Kier alpha value is -1.16. The summed E-state index contributed by atoms with van der Waals surface area (Å²) < 4.78 is 39.8. The van der Waals surface area contributed by atoms with Crippen molar-refractivity contribution in [3.8, 4) is 5.75 Å². The first-order valence-electron chi connectivity index (χ1n) is 12.3. The van der Waals surface area contributed by atoms with Crippen LogP contribution in [0.3, 0.4) is 0 Å². The van der Waals surface area contributed by atoms with Crippen molar-refractivity contribution < 1.29 is 18.3 Å². The summed E-state index contributed by atoms with van der Waals surface area (Å²) in [7, 11) is 0. The number of ether oxygens (including phenoxy) is 2. The maximum absolute atomic E-state index is 14.7. The molecule has 0 heterocycles. The van der Waals surface area contributed by atoms with E-state index in [9.17, 15) is 8.78 Å². The fraction of sp³-hybridized carbons (Fsp3) is 0.769. The Balaban J connectivity index is 1.49. The molecule has 2 aliphatic rings. The van der Waals surface area contributed by atoms with Crippen molar-refractivity contribution in [1.29, 1.82) is 0 Å². The number of benzene rings is 1. The van der Waals surface area contributed by atoms with Crippen molar-refractivity contribution in [3.63, 3.8) is 0 Å². The number of hydrogen-bond donors (Lipinski definition) is 0. The molecule has 2 saturated carbocycles. The molecular weight excluding hydrogens is 382 g/mol. The van der Waals surface area contributed by atoms with Gasteiger partial charge in [0.15, 0.2) is 18.4 Å². The third-order valence-corrected chi connectivity index (χ3v) is 7.48. The van der Waals surface area contributed by atoms with Gasteiger partial charge in [-0.3, -0.25) is 0 Å². The minimum Gasteiger partial charge on any atom is -0.464 e. The van der Waals surface area contributed by atoms with Crippen LogP contribution in [0.25, 0.3) is 0 Å². The molecule has 0 spiro atoms. The average molecular weight is 423 g/mol. The van der Waals surface area contributed by atoms with Crippen molar-refractivity contribution in [3.05, 3.63) is 29.3 Å². The lowest BCUT2D eigenvalue weighted by Crippen LogP contribution is -2.25. The fourth-order valence-electron chi connectivity index (χ4n) is 5.64. The molecule has 0 bridgehead atoms. The molecule has 1 aromatic carbocycles. The summed E-state index contributed by atoms with van der Waals surface area (Å²) in [5.41, 5.74) is 0.525. The van der Waals surface area contributed by atoms with Gasteiger partial charge in [0.25, 0.3) is 0 Å². The second-order valence-electron chi connectivity index (χ2n) is 9.49. The van der Waals surface area contributed by atoms with Crippen molar-refractivity contribution in [2.75, 3.05) is 13.4 Å². The van der Waals surface area contributed by atoms with Crippen LogP contribution >= 0.6 is 0 Å². The van der Waals surface area contributed by atoms with Crippen LogP contribution in [0.2, 0.25) is 0 Å². The quantitative estimate of drug-likeness (QED) is 0.281. The van der Waals surface area contributed by atoms with Gasteiger partial charge in [-0.05, 0) is 80.2 Å². The maximum atomic E-state index is 14.7. The molecule has 0 amide bonds. The first kappa shape index (κ1) is 23.5. The molecule has 3 rings (SSSR count). The van der Waals surface area contributed by atoms with Crippen LogP contribution in [-0.4, -0.2) is 13.4 Å². The number of rotatable bonds is 10. The van der Waals surface area contributed by atoms with Gasteiger partial charge in [-0.25, -0.2) is 4.39 Å². The molecule has 0 radical (unpaired) electrons. The molecule has 0 N–H and O–H groups in total. The molecule has 30 heavy (non-hydrogen) atoms. The van der Waals surface area contributed by atoms with Crippen LogP contribution in [0.5, 0.6) is 5.75 Å². The summed E-state index contributed by atoms with van der Waals surface area (Å²) in [5, 5.41) is 0. The Bertz CT molecular complexity index is 632. The topological polar surface area (TPSA) is 18.5 Å². The summed E-state index contributed by atoms with van der Waals surface area (Å²) in [6, 6.07) is 3.29. The zero-order valence-corrected chi connectivity index (χ0v) is 18.9. The first-order chi connectivity index (χ1) is 14.6. The minimum absolute atomic E-state index is 0.0404. The Morgan fingerprint density at radius 1 is 0.833 bits per heavy atom. The zero-order valence-electron chi connectivity index (χ0n) is 18.9. The van der Waals surface area contributed by atoms with Crippen LogP contribution in [0.1, 0.15) is 102 Å². The summed E-state index contributed by atoms with van der Waals surface area (Å²) in [6.45, 7) is 4.89. The van der Waals surface area contributed by atoms with Crippen LogP contribution in [-0.2, 0) is 4.74 Å². The van der Waals surface area contributed by atoms with Gasteiger partial charge < -0.3 is 9.47 Å². The van der Waals surface area contributed by atoms with Crippen molar-refractivity contribution in [1.82, 2.24) is 0 Å². The Labute approximate surface area is 181 Å². The molecule has 1 aromatic rings. The Morgan fingerprint density at radius 2 is 1.50 bits per heavy atom. The minimum atomic E-state index is -0.872. The molecule has 2 nitrogen and oxygen atoms in total. The van der Waals surface area contributed by atoms with Gasteiger partial charge in [0.05, 0.1) is 6.61 Å². The Kier molecular flexibility index (Phi) is 9.42. The van der Waals surface area contributed by atoms with Gasteiger partial charge in [0.1, 0.15) is 0 Å². The summed E-state index contributed by atoms with van der Waals surface area (Å²) in [5.74, 6) is 1.04. The fourth-order valence-corrected chi connectivity index (χ4v) is 5.64. The van der Waals surface area contributed by atoms with Gasteiger partial charge in [-0.1, -0.05) is 52.0 Å². The van der Waals surface area contributed by atoms with E-state index in [1.807, 2.05) is 0 Å². The monoisotopic (exact) mass is 422 g/mol. The van der Waals surface area contributed by atoms with E-state index in [1.165, 1.54) is 38.5 Å². The van der Waals surface area contributed by atoms with E-state index >= 15 is 0 Å². The summed E-state index contributed by atoms with van der Waals surface area (Å²) in [6.07, 6.45) is 14.4. The molecule has 2 fully saturated rings. The normalized spacial score (nSPS) is 27.2. The summed E-state index contributed by atoms with van der Waals surface area (Å²) >= 11 is 0. The second-order valence-corrected chi connectivity index (χ2v) is 9.49. The maximum Gasteiger partial charge on any atom is 0.201 e. The first-order valence-corrected chi connectivity index (χ1v) is 12.3. The molecule has 0 saturated heterocycles. The lowest BCUT2D eigenvalue weighted by atomic mass is 9.68. The van der Waals surface area contributed by atoms with Gasteiger partial charge in [0, 0.05) is 0 Å². The van der Waals surface area contributed by atoms with Crippen molar-refractivity contribution >= 4 is 0 Å². The summed E-state index contributed by atoms with van der Waals surface area (Å²) in [4.78, 5) is 0. The van der Waals surface area contributed by atoms with E-state index in [4.69, 9.17) is 9.47 Å². The van der Waals surface area contributed by atoms with Crippen LogP contribution < -0.4 is 4.74 Å². The highest BCUT2D eigenvalue weighted by Gasteiger charge is 2.32. The highest BCUT2D eigenvalue weighted by atomic mass is 19.2. The smallest absolute Gasteiger partial charge is 0.201 e. The SMILES string of the molecule is CCCCOCOc1ccc(C2CCC(C3CCC(CCC)CC3)CC2)c(F)c1F. The highest BCUT2D eigenvalue weighted by Crippen LogP contribution is 2.45. The van der Waals surface area contributed by atoms with E-state index in [1.54, 1.807) is 12.1 Å². The standard InChI is InChI=1S/C26H40F2O2/c1-3-5-17-29-18-30-24-16-15-23(25(27)26(24)28)22-13-11-21(12-14-22)20-9-7-19(6-4-2)8-10-20/h15-16,19-22H,3-14,17-18H2,1-2H3. The number of hydrogen-bond acceptors (Lipinski definition) is 2. The third-order valence-electron chi connectivity index (χ3n) is 7.48. The Morgan fingerprint density at radius 3 is 2.13 bits per heavy atom. The molecule has 2 aliphatic carbocycles. The predicted molar refractivity (Wildman–Crippen MR) is 118 cm³/mol. The van der Waals surface area contributed by atoms with E-state index in [0.29, 0.717) is 12.2 Å². The second kappa shape index (κ2) is 12.0. The van der Waals surface area contributed by atoms with Crippen LogP contribution in [0.4, 0.5) is 8.78 Å². The highest BCUT2D eigenvalue weighted by molar-refractivity contribution is 5.33. The molecule has 0 unspecified atom stereocenters. The van der Waals surface area contributed by atoms with Crippen molar-refractivity contribution in [2.45, 2.75) is 96.8 Å². The van der Waals surface area contributed by atoms with Crippen molar-refractivity contribution in [2.24, 2.45) is 17.8 Å². The van der Waals surface area contributed by atoms with Crippen LogP contribution in [0, 0.1) is 29.4 Å². The predicted octanol–water partition coefficient (Wildman–Crippen LogP) is 8.00. The third kappa shape index (κ3) is 6.18. The van der Waals surface area contributed by atoms with E-state index < -0.39 is 11.6 Å². The molecule has 0 aliphatic heterocycles. The molecule has 0 atom stereocenters. The average Bonchev–Trinajstić information content (AvgIpc) is 2.77. The van der Waals surface area contributed by atoms with E-state index in [2.05, 4.69) is 13.8 Å². The van der Waals surface area contributed by atoms with E-state index in [0.717, 1.165) is 56.3 Å². The zero-order chi connectivity index (χ0) is 21.3. The number of halogens is 2. The lowest BCUT2D eigenvalue weighted by molar-refractivity contribution is 0.0115. The van der Waals surface area contributed by atoms with E-state index in [-0.39, 0.29) is 18.5 Å². The van der Waals surface area contributed by atoms with Gasteiger partial charge in [-0.15, -0.1) is 0 Å². The molecule has 4 heteroatoms. The molecular formula is C26H40F2O2. The van der Waals surface area contributed by atoms with Crippen LogP contribution in [0.15, 0.2) is 12.1 Å². The van der Waals surface area contributed by atoms with Gasteiger partial charge in [0.2, 0.25) is 5.82 Å². The largest absolute Gasteiger partial charge is 0.464 e. The van der Waals surface area contributed by atoms with Gasteiger partial charge in [-0.2, -0.15) is 4.39 Å². The molecule has 0 aromatic heterocycles. The number of unbranched alkanes of at least 4 members (excludes halogenated alkanes) is 1. The molecule has 170 valence electrons. The lowest BCUT2D eigenvalue weighted by Gasteiger charge is -2.38. The van der Waals surface area contributed by atoms with Gasteiger partial charge >= 0.3 is 0 Å².